The van der Waals surface area contributed by atoms with Gasteiger partial charge in [0.05, 0.1) is 6.54 Å². The predicted octanol–water partition coefficient (Wildman–Crippen LogP) is 2.47. The largest absolute Gasteiger partial charge is 0.409 e. The zero-order valence-electron chi connectivity index (χ0n) is 12.5. The Morgan fingerprint density at radius 3 is 2.40 bits per heavy atom. The van der Waals surface area contributed by atoms with Crippen LogP contribution in [0.5, 0.6) is 0 Å². The number of hydrogen-bond donors (Lipinski definition) is 2. The van der Waals surface area contributed by atoms with Gasteiger partial charge in [-0.3, -0.25) is 4.79 Å². The molecule has 0 radical (unpaired) electrons. The highest BCUT2D eigenvalue weighted by Crippen LogP contribution is 2.39. The van der Waals surface area contributed by atoms with Crippen molar-refractivity contribution >= 4 is 11.7 Å². The molecule has 114 valence electrons. The van der Waals surface area contributed by atoms with E-state index in [2.05, 4.69) is 12.1 Å². The summed E-state index contributed by atoms with van der Waals surface area (Å²) in [6.07, 6.45) is 9.83. The highest BCUT2D eigenvalue weighted by molar-refractivity contribution is 5.89. The quantitative estimate of drug-likeness (QED) is 0.359. The molecule has 0 aromatic carbocycles. The summed E-state index contributed by atoms with van der Waals surface area (Å²) in [6, 6.07) is 0.265. The molecule has 5 nitrogen and oxygen atoms in total. The van der Waals surface area contributed by atoms with Crippen LogP contribution in [0.15, 0.2) is 5.16 Å². The van der Waals surface area contributed by atoms with Crippen LogP contribution in [0.25, 0.3) is 0 Å². The van der Waals surface area contributed by atoms with Gasteiger partial charge in [-0.1, -0.05) is 44.2 Å². The molecule has 2 fully saturated rings. The van der Waals surface area contributed by atoms with Gasteiger partial charge in [0.2, 0.25) is 5.91 Å². The Balaban J connectivity index is 2.13. The smallest absolute Gasteiger partial charge is 0.229 e. The summed E-state index contributed by atoms with van der Waals surface area (Å²) in [5.41, 5.74) is 5.40. The lowest BCUT2D eigenvalue weighted by atomic mass is 9.74. The minimum absolute atomic E-state index is 0.129. The Hall–Kier alpha value is -1.26. The summed E-state index contributed by atoms with van der Waals surface area (Å²) in [7, 11) is 0. The average Bonchev–Trinajstić information content (AvgIpc) is 2.98. The van der Waals surface area contributed by atoms with Crippen molar-refractivity contribution < 1.29 is 10.0 Å². The number of amides is 1. The first kappa shape index (κ1) is 15.1. The summed E-state index contributed by atoms with van der Waals surface area (Å²) in [6.45, 7) is 2.35. The molecular weight excluding hydrogens is 254 g/mol. The van der Waals surface area contributed by atoms with E-state index < -0.39 is 0 Å². The number of nitrogens with zero attached hydrogens (tertiary/aromatic N) is 2. The third kappa shape index (κ3) is 3.25. The van der Waals surface area contributed by atoms with Gasteiger partial charge in [-0.05, 0) is 25.7 Å². The third-order valence-corrected chi connectivity index (χ3v) is 4.96. The SMILES string of the molecule is CC1(C(=O)N(CC(N)=NO)C2CCCC2)CCCCC1. The van der Waals surface area contributed by atoms with E-state index in [-0.39, 0.29) is 29.7 Å². The third-order valence-electron chi connectivity index (χ3n) is 4.96. The fourth-order valence-electron chi connectivity index (χ4n) is 3.68. The lowest BCUT2D eigenvalue weighted by Gasteiger charge is -2.39. The number of amidine groups is 1. The van der Waals surface area contributed by atoms with Crippen LogP contribution in [-0.4, -0.2) is 34.4 Å². The minimum Gasteiger partial charge on any atom is -0.409 e. The van der Waals surface area contributed by atoms with E-state index in [0.29, 0.717) is 0 Å². The maximum atomic E-state index is 13.0. The Labute approximate surface area is 121 Å². The Kier molecular flexibility index (Phi) is 4.89. The van der Waals surface area contributed by atoms with Gasteiger partial charge in [0, 0.05) is 11.5 Å². The van der Waals surface area contributed by atoms with Crippen molar-refractivity contribution in [2.75, 3.05) is 6.54 Å². The zero-order valence-corrected chi connectivity index (χ0v) is 12.5. The molecule has 0 aromatic heterocycles. The van der Waals surface area contributed by atoms with Crippen molar-refractivity contribution in [2.45, 2.75) is 70.8 Å². The second kappa shape index (κ2) is 6.46. The molecule has 20 heavy (non-hydrogen) atoms. The van der Waals surface area contributed by atoms with E-state index in [1.807, 2.05) is 4.90 Å². The molecular formula is C15H27N3O2. The van der Waals surface area contributed by atoms with Crippen molar-refractivity contribution in [3.8, 4) is 0 Å². The van der Waals surface area contributed by atoms with Gasteiger partial charge in [-0.25, -0.2) is 0 Å². The second-order valence-electron chi connectivity index (χ2n) is 6.58. The van der Waals surface area contributed by atoms with Gasteiger partial charge in [-0.15, -0.1) is 0 Å². The standard InChI is InChI=1S/C15H27N3O2/c1-15(9-5-2-6-10-15)14(19)18(11-13(16)17-20)12-7-3-4-8-12/h12,20H,2-11H2,1H3,(H2,16,17). The van der Waals surface area contributed by atoms with Crippen LogP contribution < -0.4 is 5.73 Å². The van der Waals surface area contributed by atoms with Gasteiger partial charge in [0.15, 0.2) is 5.84 Å². The van der Waals surface area contributed by atoms with Crippen LogP contribution in [-0.2, 0) is 4.79 Å². The van der Waals surface area contributed by atoms with E-state index in [4.69, 9.17) is 10.9 Å². The molecule has 2 rings (SSSR count). The van der Waals surface area contributed by atoms with Gasteiger partial charge >= 0.3 is 0 Å². The molecule has 0 spiro atoms. The maximum Gasteiger partial charge on any atom is 0.229 e. The molecule has 1 amide bonds. The molecule has 0 heterocycles. The average molecular weight is 281 g/mol. The monoisotopic (exact) mass is 281 g/mol. The van der Waals surface area contributed by atoms with E-state index >= 15 is 0 Å². The number of nitrogens with two attached hydrogens (primary N) is 1. The van der Waals surface area contributed by atoms with Crippen molar-refractivity contribution in [1.29, 1.82) is 0 Å². The number of hydrogen-bond acceptors (Lipinski definition) is 3. The molecule has 0 bridgehead atoms. The van der Waals surface area contributed by atoms with Crippen molar-refractivity contribution in [1.82, 2.24) is 4.90 Å². The second-order valence-corrected chi connectivity index (χ2v) is 6.58. The minimum atomic E-state index is -0.253. The summed E-state index contributed by atoms with van der Waals surface area (Å²) < 4.78 is 0. The molecule has 2 saturated carbocycles. The number of carbonyl (C=O) groups is 1. The molecule has 3 N–H and O–H groups in total. The Morgan fingerprint density at radius 1 is 1.25 bits per heavy atom. The van der Waals surface area contributed by atoms with Crippen molar-refractivity contribution in [2.24, 2.45) is 16.3 Å². The van der Waals surface area contributed by atoms with Crippen molar-refractivity contribution in [3.05, 3.63) is 0 Å². The number of carbonyl (C=O) groups excluding carboxylic acids is 1. The summed E-state index contributed by atoms with van der Waals surface area (Å²) in [4.78, 5) is 14.9. The Morgan fingerprint density at radius 2 is 1.85 bits per heavy atom. The topological polar surface area (TPSA) is 78.9 Å². The van der Waals surface area contributed by atoms with Gasteiger partial charge in [0.25, 0.3) is 0 Å². The van der Waals surface area contributed by atoms with Crippen LogP contribution in [0.4, 0.5) is 0 Å². The van der Waals surface area contributed by atoms with Crippen molar-refractivity contribution in [3.63, 3.8) is 0 Å². The molecule has 2 aliphatic carbocycles. The summed E-state index contributed by atoms with van der Waals surface area (Å²) >= 11 is 0. The van der Waals surface area contributed by atoms with Gasteiger partial charge in [0.1, 0.15) is 0 Å². The number of rotatable bonds is 4. The molecule has 2 aliphatic rings. The highest BCUT2D eigenvalue weighted by Gasteiger charge is 2.40. The molecule has 5 heteroatoms. The lowest BCUT2D eigenvalue weighted by molar-refractivity contribution is -0.144. The zero-order chi connectivity index (χ0) is 14.6. The first-order chi connectivity index (χ1) is 9.57. The molecule has 0 atom stereocenters. The first-order valence-electron chi connectivity index (χ1n) is 7.84. The van der Waals surface area contributed by atoms with Crippen LogP contribution in [0.1, 0.15) is 64.7 Å². The van der Waals surface area contributed by atoms with Gasteiger partial charge in [-0.2, -0.15) is 0 Å². The van der Waals surface area contributed by atoms with Crippen LogP contribution in [0.3, 0.4) is 0 Å². The van der Waals surface area contributed by atoms with Crippen LogP contribution in [0.2, 0.25) is 0 Å². The fourth-order valence-corrected chi connectivity index (χ4v) is 3.68. The van der Waals surface area contributed by atoms with E-state index in [9.17, 15) is 4.79 Å². The van der Waals surface area contributed by atoms with Crippen LogP contribution >= 0.6 is 0 Å². The Bertz CT molecular complexity index is 369. The molecule has 0 unspecified atom stereocenters. The highest BCUT2D eigenvalue weighted by atomic mass is 16.4. The molecule has 0 aliphatic heterocycles. The van der Waals surface area contributed by atoms with Crippen LogP contribution in [0, 0.1) is 5.41 Å². The summed E-state index contributed by atoms with van der Waals surface area (Å²) in [5.74, 6) is 0.334. The van der Waals surface area contributed by atoms with Gasteiger partial charge < -0.3 is 15.8 Å². The van der Waals surface area contributed by atoms with E-state index in [1.54, 1.807) is 0 Å². The first-order valence-corrected chi connectivity index (χ1v) is 7.84. The van der Waals surface area contributed by atoms with E-state index in [0.717, 1.165) is 38.5 Å². The lowest BCUT2D eigenvalue weighted by Crippen LogP contribution is -2.50. The maximum absolute atomic E-state index is 13.0. The molecule has 0 saturated heterocycles. The fraction of sp³-hybridized carbons (Fsp3) is 0.867. The normalized spacial score (nSPS) is 23.8. The number of oxime groups is 1. The molecule has 0 aromatic rings. The predicted molar refractivity (Wildman–Crippen MR) is 78.6 cm³/mol. The summed E-state index contributed by atoms with van der Waals surface area (Å²) in [5, 5.41) is 11.9. The van der Waals surface area contributed by atoms with E-state index in [1.165, 1.54) is 19.3 Å².